The maximum absolute atomic E-state index is 8.60. The lowest BCUT2D eigenvalue weighted by Gasteiger charge is -2.16. The normalized spacial score (nSPS) is 13.5. The van der Waals surface area contributed by atoms with E-state index in [0.717, 1.165) is 12.2 Å². The lowest BCUT2D eigenvalue weighted by Crippen LogP contribution is -2.33. The van der Waals surface area contributed by atoms with E-state index < -0.39 is 0 Å². The monoisotopic (exact) mass is 222 g/mol. The van der Waals surface area contributed by atoms with E-state index in [-0.39, 0.29) is 11.9 Å². The number of hydrogen-bond acceptors (Lipinski definition) is 3. The first-order valence-corrected chi connectivity index (χ1v) is 5.44. The Balaban J connectivity index is 2.77. The van der Waals surface area contributed by atoms with E-state index in [4.69, 9.17) is 15.7 Å². The zero-order valence-corrected chi connectivity index (χ0v) is 9.68. The second-order valence-corrected chi connectivity index (χ2v) is 3.54. The van der Waals surface area contributed by atoms with Crippen molar-refractivity contribution in [2.45, 2.75) is 32.8 Å². The fraction of sp³-hybridized carbons (Fsp3) is 0.417. The molecule has 3 N–H and O–H groups in total. The van der Waals surface area contributed by atoms with Gasteiger partial charge in [-0.1, -0.05) is 31.1 Å². The summed E-state index contributed by atoms with van der Waals surface area (Å²) in [5, 5.41) is 11.6. The van der Waals surface area contributed by atoms with E-state index in [1.165, 1.54) is 5.56 Å². The number of oxime groups is 1. The van der Waals surface area contributed by atoms with E-state index in [1.54, 1.807) is 0 Å². The first kappa shape index (κ1) is 12.4. The third-order valence-corrected chi connectivity index (χ3v) is 2.40. The van der Waals surface area contributed by atoms with Crippen LogP contribution in [0.25, 0.3) is 0 Å². The van der Waals surface area contributed by atoms with Crippen LogP contribution in [-0.2, 0) is 6.42 Å². The minimum atomic E-state index is -0.378. The predicted molar refractivity (Wildman–Crippen MR) is 63.9 cm³/mol. The molecule has 88 valence electrons. The zero-order chi connectivity index (χ0) is 12.0. The van der Waals surface area contributed by atoms with Crippen LogP contribution in [0.15, 0.2) is 29.4 Å². The Morgan fingerprint density at radius 3 is 2.81 bits per heavy atom. The van der Waals surface area contributed by atoms with E-state index in [1.807, 2.05) is 31.2 Å². The molecule has 0 radical (unpaired) electrons. The van der Waals surface area contributed by atoms with Gasteiger partial charge in [-0.05, 0) is 30.5 Å². The molecule has 0 aliphatic heterocycles. The highest BCUT2D eigenvalue weighted by molar-refractivity contribution is 5.84. The van der Waals surface area contributed by atoms with Crippen molar-refractivity contribution in [1.82, 2.24) is 0 Å². The van der Waals surface area contributed by atoms with Gasteiger partial charge in [0.2, 0.25) is 0 Å². The summed E-state index contributed by atoms with van der Waals surface area (Å²) in [6, 6.07) is 7.81. The number of benzene rings is 1. The quantitative estimate of drug-likeness (QED) is 0.347. The van der Waals surface area contributed by atoms with Gasteiger partial charge in [-0.2, -0.15) is 0 Å². The fourth-order valence-electron chi connectivity index (χ4n) is 1.42. The minimum absolute atomic E-state index is 0.101. The van der Waals surface area contributed by atoms with Crippen LogP contribution < -0.4 is 10.5 Å². The SMILES string of the molecule is CCc1cccc(OC(CC)C(N)=NO)c1. The van der Waals surface area contributed by atoms with Gasteiger partial charge < -0.3 is 15.7 Å². The number of nitrogens with two attached hydrogens (primary N) is 1. The fourth-order valence-corrected chi connectivity index (χ4v) is 1.42. The maximum Gasteiger partial charge on any atom is 0.180 e. The molecule has 1 atom stereocenters. The summed E-state index contributed by atoms with van der Waals surface area (Å²) in [6.45, 7) is 4.01. The topological polar surface area (TPSA) is 67.8 Å². The summed E-state index contributed by atoms with van der Waals surface area (Å²) in [5.74, 6) is 0.849. The Bertz CT molecular complexity index is 364. The van der Waals surface area contributed by atoms with Gasteiger partial charge in [0.25, 0.3) is 0 Å². The molecule has 0 aliphatic carbocycles. The first-order chi connectivity index (χ1) is 7.71. The third kappa shape index (κ3) is 3.15. The van der Waals surface area contributed by atoms with Gasteiger partial charge in [-0.25, -0.2) is 0 Å². The van der Waals surface area contributed by atoms with Gasteiger partial charge in [0.15, 0.2) is 11.9 Å². The van der Waals surface area contributed by atoms with Crippen LogP contribution in [0, 0.1) is 0 Å². The summed E-state index contributed by atoms with van der Waals surface area (Å²) in [6.07, 6.45) is 1.24. The average Bonchev–Trinajstić information content (AvgIpc) is 2.35. The number of rotatable bonds is 5. The van der Waals surface area contributed by atoms with E-state index in [2.05, 4.69) is 12.1 Å². The molecule has 0 bridgehead atoms. The molecule has 0 spiro atoms. The maximum atomic E-state index is 8.60. The van der Waals surface area contributed by atoms with Crippen molar-refractivity contribution in [2.24, 2.45) is 10.9 Å². The van der Waals surface area contributed by atoms with Crippen LogP contribution in [0.3, 0.4) is 0 Å². The highest BCUT2D eigenvalue weighted by Gasteiger charge is 2.13. The molecule has 0 aromatic heterocycles. The molecule has 0 amide bonds. The summed E-state index contributed by atoms with van der Waals surface area (Å²) in [4.78, 5) is 0. The smallest absolute Gasteiger partial charge is 0.180 e. The van der Waals surface area contributed by atoms with E-state index in [9.17, 15) is 0 Å². The Hall–Kier alpha value is -1.71. The molecule has 16 heavy (non-hydrogen) atoms. The van der Waals surface area contributed by atoms with Crippen molar-refractivity contribution in [3.05, 3.63) is 29.8 Å². The Labute approximate surface area is 95.7 Å². The Morgan fingerprint density at radius 2 is 2.25 bits per heavy atom. The van der Waals surface area contributed by atoms with Crippen molar-refractivity contribution >= 4 is 5.84 Å². The average molecular weight is 222 g/mol. The largest absolute Gasteiger partial charge is 0.482 e. The van der Waals surface area contributed by atoms with Gasteiger partial charge in [0.1, 0.15) is 5.75 Å². The molecular weight excluding hydrogens is 204 g/mol. The van der Waals surface area contributed by atoms with Gasteiger partial charge >= 0.3 is 0 Å². The van der Waals surface area contributed by atoms with Gasteiger partial charge in [-0.3, -0.25) is 0 Å². The van der Waals surface area contributed by atoms with Crippen LogP contribution in [-0.4, -0.2) is 17.1 Å². The van der Waals surface area contributed by atoms with Crippen molar-refractivity contribution in [1.29, 1.82) is 0 Å². The number of amidine groups is 1. The van der Waals surface area contributed by atoms with Crippen LogP contribution >= 0.6 is 0 Å². The molecule has 1 aromatic carbocycles. The first-order valence-electron chi connectivity index (χ1n) is 5.44. The molecule has 0 aliphatic rings. The molecule has 1 rings (SSSR count). The Kier molecular flexibility index (Phi) is 4.64. The highest BCUT2D eigenvalue weighted by Crippen LogP contribution is 2.16. The van der Waals surface area contributed by atoms with Crippen molar-refractivity contribution in [3.63, 3.8) is 0 Å². The molecule has 4 nitrogen and oxygen atoms in total. The standard InChI is InChI=1S/C12H18N2O2/c1-3-9-6-5-7-10(8-9)16-11(4-2)12(13)14-15/h5-8,11,15H,3-4H2,1-2H3,(H2,13,14). The van der Waals surface area contributed by atoms with Gasteiger partial charge in [0.05, 0.1) is 0 Å². The molecule has 4 heteroatoms. The van der Waals surface area contributed by atoms with Crippen LogP contribution in [0.2, 0.25) is 0 Å². The van der Waals surface area contributed by atoms with Gasteiger partial charge in [-0.15, -0.1) is 0 Å². The minimum Gasteiger partial charge on any atom is -0.482 e. The third-order valence-electron chi connectivity index (χ3n) is 2.40. The predicted octanol–water partition coefficient (Wildman–Crippen LogP) is 2.15. The highest BCUT2D eigenvalue weighted by atomic mass is 16.5. The lowest BCUT2D eigenvalue weighted by atomic mass is 10.1. The molecule has 0 saturated heterocycles. The van der Waals surface area contributed by atoms with E-state index >= 15 is 0 Å². The van der Waals surface area contributed by atoms with Crippen LogP contribution in [0.5, 0.6) is 5.75 Å². The van der Waals surface area contributed by atoms with Crippen molar-refractivity contribution in [2.75, 3.05) is 0 Å². The second kappa shape index (κ2) is 6.00. The lowest BCUT2D eigenvalue weighted by molar-refractivity contribution is 0.246. The summed E-state index contributed by atoms with van der Waals surface area (Å²) in [5.41, 5.74) is 6.72. The molecule has 1 unspecified atom stereocenters. The van der Waals surface area contributed by atoms with Crippen molar-refractivity contribution in [3.8, 4) is 5.75 Å². The van der Waals surface area contributed by atoms with Crippen molar-refractivity contribution < 1.29 is 9.94 Å². The zero-order valence-electron chi connectivity index (χ0n) is 9.68. The molecule has 0 saturated carbocycles. The number of hydrogen-bond donors (Lipinski definition) is 2. The molecule has 0 fully saturated rings. The number of ether oxygens (including phenoxy) is 1. The summed E-state index contributed by atoms with van der Waals surface area (Å²) >= 11 is 0. The molecule has 1 aromatic rings. The molecule has 0 heterocycles. The second-order valence-electron chi connectivity index (χ2n) is 3.54. The summed E-state index contributed by atoms with van der Waals surface area (Å²) in [7, 11) is 0. The van der Waals surface area contributed by atoms with E-state index in [0.29, 0.717) is 6.42 Å². The number of aryl methyl sites for hydroxylation is 1. The number of nitrogens with zero attached hydrogens (tertiary/aromatic N) is 1. The van der Waals surface area contributed by atoms with Gasteiger partial charge in [0, 0.05) is 0 Å². The van der Waals surface area contributed by atoms with Crippen LogP contribution in [0.1, 0.15) is 25.8 Å². The molecular formula is C12H18N2O2. The summed E-state index contributed by atoms with van der Waals surface area (Å²) < 4.78 is 5.64. The van der Waals surface area contributed by atoms with Crippen LogP contribution in [0.4, 0.5) is 0 Å². The Morgan fingerprint density at radius 1 is 1.50 bits per heavy atom.